The van der Waals surface area contributed by atoms with E-state index in [9.17, 15) is 5.11 Å². The van der Waals surface area contributed by atoms with Gasteiger partial charge >= 0.3 is 0 Å². The highest BCUT2D eigenvalue weighted by Gasteiger charge is 2.26. The second-order valence-corrected chi connectivity index (χ2v) is 9.73. The zero-order valence-electron chi connectivity index (χ0n) is 21.0. The molecule has 1 aliphatic heterocycles. The van der Waals surface area contributed by atoms with Gasteiger partial charge in [0.2, 0.25) is 0 Å². The molecule has 1 atom stereocenters. The van der Waals surface area contributed by atoms with Gasteiger partial charge in [-0.2, -0.15) is 0 Å². The fraction of sp³-hybridized carbons (Fsp3) is 0.370. The van der Waals surface area contributed by atoms with Crippen LogP contribution in [0.4, 0.5) is 5.82 Å². The van der Waals surface area contributed by atoms with Gasteiger partial charge in [-0.1, -0.05) is 26.0 Å². The van der Waals surface area contributed by atoms with Crippen LogP contribution in [-0.4, -0.2) is 58.5 Å². The highest BCUT2D eigenvalue weighted by atomic mass is 16.5. The van der Waals surface area contributed by atoms with E-state index in [1.807, 2.05) is 30.5 Å². The number of methoxy groups -OCH3 is 1. The van der Waals surface area contributed by atoms with Crippen LogP contribution in [0.15, 0.2) is 55.1 Å². The molecule has 3 aromatic heterocycles. The molecule has 4 heterocycles. The lowest BCUT2D eigenvalue weighted by Gasteiger charge is -2.28. The van der Waals surface area contributed by atoms with E-state index < -0.39 is 6.23 Å². The molecule has 0 spiro atoms. The van der Waals surface area contributed by atoms with Crippen molar-refractivity contribution in [2.45, 2.75) is 31.5 Å². The first kappa shape index (κ1) is 24.2. The van der Waals surface area contributed by atoms with Gasteiger partial charge in [-0.15, -0.1) is 0 Å². The Kier molecular flexibility index (Phi) is 6.61. The van der Waals surface area contributed by atoms with Gasteiger partial charge in [-0.3, -0.25) is 5.32 Å². The van der Waals surface area contributed by atoms with E-state index >= 15 is 0 Å². The van der Waals surface area contributed by atoms with Crippen molar-refractivity contribution in [3.63, 3.8) is 0 Å². The van der Waals surface area contributed by atoms with Gasteiger partial charge in [-0.05, 0) is 30.8 Å². The second-order valence-electron chi connectivity index (χ2n) is 9.73. The van der Waals surface area contributed by atoms with Crippen LogP contribution in [0.2, 0.25) is 0 Å². The van der Waals surface area contributed by atoms with E-state index in [1.54, 1.807) is 20.5 Å². The van der Waals surface area contributed by atoms with Crippen LogP contribution in [0.25, 0.3) is 22.3 Å². The largest absolute Gasteiger partial charge is 0.496 e. The van der Waals surface area contributed by atoms with Crippen LogP contribution >= 0.6 is 0 Å². The van der Waals surface area contributed by atoms with Gasteiger partial charge in [0.1, 0.15) is 29.8 Å². The van der Waals surface area contributed by atoms with Gasteiger partial charge in [-0.25, -0.2) is 15.0 Å². The number of rotatable bonds is 9. The molecule has 4 aromatic rings. The molecule has 188 valence electrons. The molecule has 0 bridgehead atoms. The third kappa shape index (κ3) is 4.65. The van der Waals surface area contributed by atoms with Crippen molar-refractivity contribution in [3.05, 3.63) is 66.2 Å². The molecule has 3 N–H and O–H groups in total. The number of aliphatic hydroxyl groups is 1. The van der Waals surface area contributed by atoms with Gasteiger partial charge in [0.25, 0.3) is 0 Å². The van der Waals surface area contributed by atoms with Crippen molar-refractivity contribution < 1.29 is 14.6 Å². The Morgan fingerprint density at radius 2 is 2.00 bits per heavy atom. The fourth-order valence-corrected chi connectivity index (χ4v) is 4.49. The number of aromatic nitrogens is 4. The molecule has 1 aliphatic rings. The Bertz CT molecular complexity index is 1360. The van der Waals surface area contributed by atoms with Gasteiger partial charge < -0.3 is 24.5 Å². The normalized spacial score (nSPS) is 15.0. The number of fused-ring (bicyclic) bond motifs is 1. The average molecular weight is 489 g/mol. The lowest BCUT2D eigenvalue weighted by Crippen LogP contribution is -2.30. The number of ether oxygens (including phenoxy) is 2. The molecule has 1 fully saturated rings. The fourth-order valence-electron chi connectivity index (χ4n) is 4.49. The van der Waals surface area contributed by atoms with Crippen molar-refractivity contribution >= 4 is 16.9 Å². The van der Waals surface area contributed by atoms with Gasteiger partial charge in [0.05, 0.1) is 32.1 Å². The molecule has 1 aromatic carbocycles. The second kappa shape index (κ2) is 9.85. The summed E-state index contributed by atoms with van der Waals surface area (Å²) < 4.78 is 13.2. The monoisotopic (exact) mass is 488 g/mol. The maximum atomic E-state index is 10.1. The lowest BCUT2D eigenvalue weighted by atomic mass is 9.83. The molecule has 1 saturated heterocycles. The molecule has 36 heavy (non-hydrogen) atoms. The first-order valence-corrected chi connectivity index (χ1v) is 12.0. The summed E-state index contributed by atoms with van der Waals surface area (Å²) in [5.41, 5.74) is 4.23. The van der Waals surface area contributed by atoms with Crippen LogP contribution in [0, 0.1) is 0 Å². The first-order chi connectivity index (χ1) is 17.4. The first-order valence-electron chi connectivity index (χ1n) is 12.0. The van der Waals surface area contributed by atoms with E-state index in [4.69, 9.17) is 14.5 Å². The van der Waals surface area contributed by atoms with Gasteiger partial charge in [0, 0.05) is 46.9 Å². The minimum Gasteiger partial charge on any atom is -0.496 e. The Morgan fingerprint density at radius 3 is 2.72 bits per heavy atom. The maximum Gasteiger partial charge on any atom is 0.140 e. The highest BCUT2D eigenvalue weighted by molar-refractivity contribution is 5.81. The topological polar surface area (TPSA) is 106 Å². The number of hydrogen-bond acceptors (Lipinski definition) is 8. The third-order valence-electron chi connectivity index (χ3n) is 6.79. The van der Waals surface area contributed by atoms with Crippen molar-refractivity contribution in [1.29, 1.82) is 0 Å². The van der Waals surface area contributed by atoms with Gasteiger partial charge in [0.15, 0.2) is 0 Å². The predicted molar refractivity (Wildman–Crippen MR) is 139 cm³/mol. The molecular formula is C27H32N6O3. The highest BCUT2D eigenvalue weighted by Crippen LogP contribution is 2.34. The molecule has 5 rings (SSSR count). The van der Waals surface area contributed by atoms with E-state index in [2.05, 4.69) is 57.3 Å². The molecule has 1 unspecified atom stereocenters. The third-order valence-corrected chi connectivity index (χ3v) is 6.79. The van der Waals surface area contributed by atoms with Crippen LogP contribution in [-0.2, 0) is 10.2 Å². The van der Waals surface area contributed by atoms with Crippen molar-refractivity contribution in [1.82, 2.24) is 24.8 Å². The minimum atomic E-state index is -0.742. The number of nitrogens with one attached hydrogen (secondary N) is 2. The Morgan fingerprint density at radius 1 is 1.17 bits per heavy atom. The number of nitrogens with zero attached hydrogens (tertiary/aromatic N) is 4. The summed E-state index contributed by atoms with van der Waals surface area (Å²) in [6.45, 7) is 6.38. The van der Waals surface area contributed by atoms with E-state index in [0.29, 0.717) is 12.6 Å². The zero-order valence-corrected chi connectivity index (χ0v) is 21.0. The van der Waals surface area contributed by atoms with Crippen molar-refractivity contribution in [3.8, 4) is 17.0 Å². The van der Waals surface area contributed by atoms with E-state index in [0.717, 1.165) is 58.2 Å². The van der Waals surface area contributed by atoms with Crippen LogP contribution in [0.5, 0.6) is 5.75 Å². The minimum absolute atomic E-state index is 0.270. The van der Waals surface area contributed by atoms with E-state index in [-0.39, 0.29) is 5.41 Å². The smallest absolute Gasteiger partial charge is 0.140 e. The summed E-state index contributed by atoms with van der Waals surface area (Å²) >= 11 is 0. The zero-order chi connectivity index (χ0) is 25.3. The standard InChI is InChI=1S/C27H32N6O3/c1-27(2,21-6-5-18(26(34)28-3)10-23(21)35-4)15-30-24-11-22(31-16-32-24)19-9-17-7-8-33(20-13-36-14-20)25(17)29-12-19/h5-12,16,20,26,28,34H,13-15H2,1-4H3,(H,30,31,32). The maximum absolute atomic E-state index is 10.1. The van der Waals surface area contributed by atoms with Crippen molar-refractivity contribution in [2.75, 3.05) is 39.2 Å². The predicted octanol–water partition coefficient (Wildman–Crippen LogP) is 3.67. The summed E-state index contributed by atoms with van der Waals surface area (Å²) in [5.74, 6) is 1.47. The molecule has 0 amide bonds. The molecule has 9 heteroatoms. The lowest BCUT2D eigenvalue weighted by molar-refractivity contribution is -0.0216. The Hall–Kier alpha value is -3.53. The average Bonchev–Trinajstić information content (AvgIpc) is 3.28. The van der Waals surface area contributed by atoms with Crippen LogP contribution < -0.4 is 15.4 Å². The summed E-state index contributed by atoms with van der Waals surface area (Å²) in [6, 6.07) is 12.3. The number of pyridine rings is 1. The molecular weight excluding hydrogens is 456 g/mol. The number of anilines is 1. The number of benzene rings is 1. The molecule has 0 radical (unpaired) electrons. The van der Waals surface area contributed by atoms with Crippen LogP contribution in [0.3, 0.4) is 0 Å². The molecule has 9 nitrogen and oxygen atoms in total. The van der Waals surface area contributed by atoms with Crippen molar-refractivity contribution in [2.24, 2.45) is 0 Å². The van der Waals surface area contributed by atoms with E-state index in [1.165, 1.54) is 0 Å². The Balaban J connectivity index is 1.33. The molecule has 0 aliphatic carbocycles. The Labute approximate surface area is 210 Å². The number of hydrogen-bond donors (Lipinski definition) is 3. The van der Waals surface area contributed by atoms with Crippen LogP contribution in [0.1, 0.15) is 37.2 Å². The quantitative estimate of drug-likeness (QED) is 0.307. The SMILES string of the molecule is CNC(O)c1ccc(C(C)(C)CNc2cc(-c3cnc4c(ccn4C4COC4)c3)ncn2)c(OC)c1. The summed E-state index contributed by atoms with van der Waals surface area (Å²) in [6.07, 6.45) is 4.76. The summed E-state index contributed by atoms with van der Waals surface area (Å²) in [5, 5.41) is 17.5. The summed E-state index contributed by atoms with van der Waals surface area (Å²) in [7, 11) is 3.36. The summed E-state index contributed by atoms with van der Waals surface area (Å²) in [4.78, 5) is 13.6. The molecule has 0 saturated carbocycles. The number of aliphatic hydroxyl groups excluding tert-OH is 1.